The summed E-state index contributed by atoms with van der Waals surface area (Å²) in [6.07, 6.45) is 9.71. The molecule has 2 heterocycles. The standard InChI is InChI=1S/C37H56O3Si.C33H54OSi.C6H6O2/c1-14-37(15-2,30-19-20-31(27(4)25-30)32-21-23-34(38-11)39-32)29-18-16-28(26(3)24-29)17-22-33(35(5,6)7)40-41(12,13)36(8,9)10;1-14-33(15-2,28-19-16-24(3)25(4)22-28)29-20-17-27(26(5)23-29)18-21-30(31(6,7)8)34-35(12,13)32(9,10)11;1-5-2-3-6(4-7)8-5/h16,18-21,23-25,33H,14-15,17,22H2,1-13H3;16-17,19-20,22-23,30H,14-15,18,21H2,1-13H3;2-4H,1H3. The second-order valence-electron chi connectivity index (χ2n) is 29.6. The second kappa shape index (κ2) is 28.8. The van der Waals surface area contributed by atoms with Crippen LogP contribution in [0, 0.1) is 52.4 Å². The third kappa shape index (κ3) is 17.7. The van der Waals surface area contributed by atoms with Crippen LogP contribution in [0.5, 0.6) is 5.95 Å². The number of ether oxygens (including phenoxy) is 1. The third-order valence-corrected chi connectivity index (χ3v) is 28.7. The van der Waals surface area contributed by atoms with E-state index in [9.17, 15) is 4.79 Å². The van der Waals surface area contributed by atoms with Crippen LogP contribution in [0.2, 0.25) is 36.3 Å². The van der Waals surface area contributed by atoms with E-state index in [-0.39, 0.29) is 43.9 Å². The SMILES string of the molecule is CCC(CC)(c1ccc(C)c(C)c1)c1ccc(CCC(O[Si](C)(C)C(C)(C)C)C(C)(C)C)c(C)c1.CCC(CC)(c1ccc(CCC(O[Si](C)(C)C(C)(C)C)C(C)(C)C)c(C)c1)c1ccc(-c2ccc(OC)o2)c(C)c1.Cc1ccc(C=O)o1. The van der Waals surface area contributed by atoms with Crippen molar-refractivity contribution in [3.05, 3.63) is 170 Å². The smallest absolute Gasteiger partial charge is 0.284 e. The number of carbonyl (C=O) groups excluding carboxylic acids is 1. The summed E-state index contributed by atoms with van der Waals surface area (Å²) >= 11 is 0. The lowest BCUT2D eigenvalue weighted by Crippen LogP contribution is -2.47. The van der Waals surface area contributed by atoms with E-state index in [1.54, 1.807) is 26.2 Å². The summed E-state index contributed by atoms with van der Waals surface area (Å²) in [6.45, 7) is 59.8. The fraction of sp³-hybridized carbons (Fsp3) is 0.566. The highest BCUT2D eigenvalue weighted by molar-refractivity contribution is 6.74. The minimum Gasteiger partial charge on any atom is -0.468 e. The molecule has 6 nitrogen and oxygen atoms in total. The molecule has 2 atom stereocenters. The van der Waals surface area contributed by atoms with Gasteiger partial charge in [-0.25, -0.2) is 0 Å². The Kier molecular flexibility index (Phi) is 24.6. The Balaban J connectivity index is 0.000000320. The summed E-state index contributed by atoms with van der Waals surface area (Å²) in [5.74, 6) is 2.54. The van der Waals surface area contributed by atoms with E-state index >= 15 is 0 Å². The van der Waals surface area contributed by atoms with Gasteiger partial charge in [-0.2, -0.15) is 0 Å². The Labute approximate surface area is 515 Å². The molecule has 464 valence electrons. The largest absolute Gasteiger partial charge is 0.468 e. The van der Waals surface area contributed by atoms with Crippen molar-refractivity contribution in [3.8, 4) is 17.3 Å². The van der Waals surface area contributed by atoms with Crippen molar-refractivity contribution in [1.29, 1.82) is 0 Å². The van der Waals surface area contributed by atoms with Crippen molar-refractivity contribution >= 4 is 22.9 Å². The number of hydrogen-bond donors (Lipinski definition) is 0. The molecular formula is C76H116O6Si2. The summed E-state index contributed by atoms with van der Waals surface area (Å²) in [6, 6.07) is 35.7. The topological polar surface area (TPSA) is 71.0 Å². The molecule has 0 aliphatic heterocycles. The molecule has 84 heavy (non-hydrogen) atoms. The van der Waals surface area contributed by atoms with E-state index in [1.165, 1.54) is 61.2 Å². The first-order valence-electron chi connectivity index (χ1n) is 31.7. The molecule has 0 saturated heterocycles. The first kappa shape index (κ1) is 71.7. The molecule has 0 aliphatic rings. The van der Waals surface area contributed by atoms with Crippen molar-refractivity contribution in [3.63, 3.8) is 0 Å². The molecule has 0 aliphatic carbocycles. The highest BCUT2D eigenvalue weighted by Gasteiger charge is 2.43. The molecule has 0 bridgehead atoms. The molecule has 4 aromatic carbocycles. The lowest BCUT2D eigenvalue weighted by atomic mass is 9.69. The number of benzene rings is 4. The van der Waals surface area contributed by atoms with Gasteiger partial charge in [-0.05, 0) is 219 Å². The molecule has 0 N–H and O–H groups in total. The van der Waals surface area contributed by atoms with Gasteiger partial charge in [0.1, 0.15) is 11.5 Å². The number of hydrogen-bond acceptors (Lipinski definition) is 6. The minimum atomic E-state index is -1.85. The molecule has 0 radical (unpaired) electrons. The summed E-state index contributed by atoms with van der Waals surface area (Å²) in [4.78, 5) is 9.93. The molecule has 2 unspecified atom stereocenters. The maximum atomic E-state index is 9.93. The highest BCUT2D eigenvalue weighted by Crippen LogP contribution is 2.45. The van der Waals surface area contributed by atoms with Gasteiger partial charge < -0.3 is 22.4 Å². The third-order valence-electron chi connectivity index (χ3n) is 19.7. The van der Waals surface area contributed by atoms with Gasteiger partial charge in [0.15, 0.2) is 28.7 Å². The maximum Gasteiger partial charge on any atom is 0.284 e. The number of carbonyl (C=O) groups is 1. The normalized spacial score (nSPS) is 13.6. The quantitative estimate of drug-likeness (QED) is 0.0528. The van der Waals surface area contributed by atoms with E-state index in [1.807, 2.05) is 12.1 Å². The van der Waals surface area contributed by atoms with Crippen molar-refractivity contribution < 1.29 is 27.2 Å². The van der Waals surface area contributed by atoms with E-state index in [0.717, 1.165) is 68.5 Å². The van der Waals surface area contributed by atoms with Crippen LogP contribution in [-0.2, 0) is 32.5 Å². The molecule has 6 rings (SSSR count). The van der Waals surface area contributed by atoms with Gasteiger partial charge in [-0.3, -0.25) is 4.79 Å². The Morgan fingerprint density at radius 2 is 0.857 bits per heavy atom. The van der Waals surface area contributed by atoms with Crippen LogP contribution in [0.1, 0.15) is 227 Å². The lowest BCUT2D eigenvalue weighted by Gasteiger charge is -2.43. The first-order valence-corrected chi connectivity index (χ1v) is 37.5. The molecule has 0 spiro atoms. The van der Waals surface area contributed by atoms with E-state index in [2.05, 4.69) is 244 Å². The molecule has 0 saturated carbocycles. The summed E-state index contributed by atoms with van der Waals surface area (Å²) in [5.41, 5.74) is 16.7. The number of furan rings is 2. The number of methoxy groups -OCH3 is 1. The van der Waals surface area contributed by atoms with Crippen LogP contribution in [0.25, 0.3) is 11.3 Å². The molecule has 8 heteroatoms. The minimum absolute atomic E-state index is 0.0349. The Morgan fingerprint density at radius 3 is 1.15 bits per heavy atom. The van der Waals surface area contributed by atoms with Crippen LogP contribution in [-0.4, -0.2) is 42.2 Å². The lowest BCUT2D eigenvalue weighted by molar-refractivity contribution is 0.0657. The van der Waals surface area contributed by atoms with Crippen LogP contribution in [0.3, 0.4) is 0 Å². The Bertz CT molecular complexity index is 3040. The molecule has 2 aromatic heterocycles. The predicted octanol–water partition coefficient (Wildman–Crippen LogP) is 22.5. The summed E-state index contributed by atoms with van der Waals surface area (Å²) in [7, 11) is -2.04. The highest BCUT2D eigenvalue weighted by atomic mass is 28.4. The molecule has 0 fully saturated rings. The van der Waals surface area contributed by atoms with Crippen molar-refractivity contribution in [2.24, 2.45) is 10.8 Å². The van der Waals surface area contributed by atoms with Crippen LogP contribution >= 0.6 is 0 Å². The Hall–Kier alpha value is -4.74. The zero-order chi connectivity index (χ0) is 63.6. The zero-order valence-corrected chi connectivity index (χ0v) is 60.1. The second-order valence-corrected chi connectivity index (χ2v) is 39.1. The first-order chi connectivity index (χ1) is 38.8. The van der Waals surface area contributed by atoms with Crippen LogP contribution in [0.15, 0.2) is 106 Å². The van der Waals surface area contributed by atoms with Gasteiger partial charge in [-0.1, -0.05) is 184 Å². The average molecular weight is 1180 g/mol. The van der Waals surface area contributed by atoms with E-state index in [4.69, 9.17) is 22.4 Å². The van der Waals surface area contributed by atoms with Gasteiger partial charge in [0, 0.05) is 22.5 Å². The van der Waals surface area contributed by atoms with Crippen LogP contribution < -0.4 is 4.74 Å². The maximum absolute atomic E-state index is 9.93. The van der Waals surface area contributed by atoms with Crippen molar-refractivity contribution in [2.45, 2.75) is 263 Å². The summed E-state index contributed by atoms with van der Waals surface area (Å²) < 4.78 is 29.9. The van der Waals surface area contributed by atoms with Gasteiger partial charge in [0.2, 0.25) is 0 Å². The molecule has 6 aromatic rings. The van der Waals surface area contributed by atoms with Gasteiger partial charge >= 0.3 is 0 Å². The van der Waals surface area contributed by atoms with Gasteiger partial charge in [-0.15, -0.1) is 0 Å². The monoisotopic (exact) mass is 1180 g/mol. The Morgan fingerprint density at radius 1 is 0.464 bits per heavy atom. The van der Waals surface area contributed by atoms with E-state index < -0.39 is 16.6 Å². The summed E-state index contributed by atoms with van der Waals surface area (Å²) in [5, 5.41) is 0.436. The van der Waals surface area contributed by atoms with Crippen LogP contribution in [0.4, 0.5) is 0 Å². The fourth-order valence-electron chi connectivity index (χ4n) is 11.4. The number of aryl methyl sites for hydroxylation is 8. The van der Waals surface area contributed by atoms with Crippen molar-refractivity contribution in [2.75, 3.05) is 7.11 Å². The molecule has 0 amide bonds. The van der Waals surface area contributed by atoms with Gasteiger partial charge in [0.25, 0.3) is 5.95 Å². The van der Waals surface area contributed by atoms with Crippen molar-refractivity contribution in [1.82, 2.24) is 0 Å². The number of aldehydes is 1. The predicted molar refractivity (Wildman–Crippen MR) is 365 cm³/mol. The van der Waals surface area contributed by atoms with Gasteiger partial charge in [0.05, 0.1) is 19.3 Å². The zero-order valence-electron chi connectivity index (χ0n) is 58.1. The average Bonchev–Trinajstić information content (AvgIpc) is 2.96. The van der Waals surface area contributed by atoms with E-state index in [0.29, 0.717) is 18.0 Å². The number of rotatable bonds is 21. The molecular weight excluding hydrogens is 1070 g/mol. The fourth-order valence-corrected chi connectivity index (χ4v) is 14.4.